The molecule has 5 heteroatoms. The van der Waals surface area contributed by atoms with Gasteiger partial charge in [0.1, 0.15) is 0 Å². The summed E-state index contributed by atoms with van der Waals surface area (Å²) in [5.41, 5.74) is 0.841. The van der Waals surface area contributed by atoms with Gasteiger partial charge in [0.05, 0.1) is 0 Å². The lowest BCUT2D eigenvalue weighted by Crippen LogP contribution is -2.26. The summed E-state index contributed by atoms with van der Waals surface area (Å²) < 4.78 is 25.1. The van der Waals surface area contributed by atoms with Crippen molar-refractivity contribution in [2.75, 3.05) is 25.0 Å². The number of thioether (sulfide) groups is 1. The van der Waals surface area contributed by atoms with Crippen LogP contribution in [0.1, 0.15) is 26.2 Å². The van der Waals surface area contributed by atoms with E-state index in [2.05, 4.69) is 17.1 Å². The predicted octanol–water partition coefficient (Wildman–Crippen LogP) is 4.29. The van der Waals surface area contributed by atoms with E-state index in [1.54, 1.807) is 6.07 Å². The first-order valence-corrected chi connectivity index (χ1v) is 8.09. The summed E-state index contributed by atoms with van der Waals surface area (Å²) in [6.07, 6.45) is 3.33. The molecule has 1 aliphatic heterocycles. The van der Waals surface area contributed by atoms with Crippen molar-refractivity contribution in [2.45, 2.75) is 42.9 Å². The molecule has 1 heterocycles. The van der Waals surface area contributed by atoms with Gasteiger partial charge < -0.3 is 10.2 Å². The Balaban J connectivity index is 1.98. The molecule has 1 saturated heterocycles. The number of benzene rings is 1. The molecule has 1 N–H and O–H groups in total. The van der Waals surface area contributed by atoms with Crippen molar-refractivity contribution in [3.63, 3.8) is 0 Å². The van der Waals surface area contributed by atoms with Gasteiger partial charge in [0, 0.05) is 23.2 Å². The molecule has 0 amide bonds. The molecule has 2 rings (SSSR count). The third-order valence-corrected chi connectivity index (χ3v) is 4.52. The number of anilines is 1. The Bertz CT molecular complexity index is 415. The molecule has 1 unspecified atom stereocenters. The van der Waals surface area contributed by atoms with Crippen molar-refractivity contribution in [1.29, 1.82) is 0 Å². The molecule has 1 aromatic rings. The van der Waals surface area contributed by atoms with Crippen molar-refractivity contribution < 1.29 is 8.78 Å². The van der Waals surface area contributed by atoms with Gasteiger partial charge in [-0.25, -0.2) is 0 Å². The van der Waals surface area contributed by atoms with Gasteiger partial charge in [-0.05, 0) is 44.5 Å². The Morgan fingerprint density at radius 1 is 1.30 bits per heavy atom. The highest BCUT2D eigenvalue weighted by atomic mass is 32.2. The highest BCUT2D eigenvalue weighted by Crippen LogP contribution is 2.32. The standard InChI is InChI=1S/C15H22F2N2S/c1-2-19-10-5-6-12(9-11-19)18-13-7-3-4-8-14(13)20-15(16)17/h3-4,7-8,12,15,18H,2,5-6,9-11H2,1H3. The van der Waals surface area contributed by atoms with Crippen molar-refractivity contribution in [2.24, 2.45) is 0 Å². The van der Waals surface area contributed by atoms with E-state index in [0.29, 0.717) is 22.7 Å². The molecular formula is C15H22F2N2S. The molecule has 0 radical (unpaired) electrons. The van der Waals surface area contributed by atoms with Crippen LogP contribution in [0.5, 0.6) is 0 Å². The Morgan fingerprint density at radius 2 is 2.10 bits per heavy atom. The topological polar surface area (TPSA) is 15.3 Å². The lowest BCUT2D eigenvalue weighted by molar-refractivity contribution is 0.252. The SMILES string of the molecule is CCN1CCCC(Nc2ccccc2SC(F)F)CC1. The number of nitrogens with zero attached hydrogens (tertiary/aromatic N) is 1. The van der Waals surface area contributed by atoms with Crippen LogP contribution in [0.15, 0.2) is 29.2 Å². The van der Waals surface area contributed by atoms with Gasteiger partial charge in [-0.2, -0.15) is 8.78 Å². The fourth-order valence-corrected chi connectivity index (χ4v) is 3.22. The maximum absolute atomic E-state index is 12.6. The highest BCUT2D eigenvalue weighted by molar-refractivity contribution is 7.99. The molecule has 20 heavy (non-hydrogen) atoms. The summed E-state index contributed by atoms with van der Waals surface area (Å²) in [5.74, 6) is -2.37. The fourth-order valence-electron chi connectivity index (χ4n) is 2.62. The minimum absolute atomic E-state index is 0.381. The molecule has 2 nitrogen and oxygen atoms in total. The highest BCUT2D eigenvalue weighted by Gasteiger charge is 2.17. The number of halogens is 2. The number of para-hydroxylation sites is 1. The van der Waals surface area contributed by atoms with E-state index in [-0.39, 0.29) is 0 Å². The minimum Gasteiger partial charge on any atom is -0.381 e. The molecular weight excluding hydrogens is 278 g/mol. The number of likely N-dealkylation sites (tertiary alicyclic amines) is 1. The zero-order valence-corrected chi connectivity index (χ0v) is 12.6. The van der Waals surface area contributed by atoms with Gasteiger partial charge in [-0.1, -0.05) is 30.8 Å². The Kier molecular flexibility index (Phi) is 6.10. The Labute approximate surface area is 123 Å². The fraction of sp³-hybridized carbons (Fsp3) is 0.600. The van der Waals surface area contributed by atoms with Crippen LogP contribution in [-0.2, 0) is 0 Å². The molecule has 1 aromatic carbocycles. The number of nitrogens with one attached hydrogen (secondary N) is 1. The van der Waals surface area contributed by atoms with Crippen LogP contribution in [0.25, 0.3) is 0 Å². The Hall–Kier alpha value is -0.810. The second-order valence-electron chi connectivity index (χ2n) is 5.08. The van der Waals surface area contributed by atoms with Crippen LogP contribution in [-0.4, -0.2) is 36.3 Å². The summed E-state index contributed by atoms with van der Waals surface area (Å²) in [6, 6.07) is 7.74. The van der Waals surface area contributed by atoms with Crippen LogP contribution in [0.4, 0.5) is 14.5 Å². The van der Waals surface area contributed by atoms with E-state index in [9.17, 15) is 8.78 Å². The second-order valence-corrected chi connectivity index (χ2v) is 6.11. The third kappa shape index (κ3) is 4.63. The molecule has 1 fully saturated rings. The molecule has 1 aliphatic rings. The van der Waals surface area contributed by atoms with E-state index >= 15 is 0 Å². The Morgan fingerprint density at radius 3 is 2.85 bits per heavy atom. The van der Waals surface area contributed by atoms with Gasteiger partial charge in [-0.3, -0.25) is 0 Å². The smallest absolute Gasteiger partial charge is 0.288 e. The van der Waals surface area contributed by atoms with Crippen molar-refractivity contribution in [3.05, 3.63) is 24.3 Å². The molecule has 0 bridgehead atoms. The van der Waals surface area contributed by atoms with Crippen LogP contribution < -0.4 is 5.32 Å². The zero-order valence-electron chi connectivity index (χ0n) is 11.8. The van der Waals surface area contributed by atoms with Gasteiger partial charge in [0.2, 0.25) is 0 Å². The number of alkyl halides is 2. The molecule has 0 aromatic heterocycles. The van der Waals surface area contributed by atoms with Crippen molar-refractivity contribution in [3.8, 4) is 0 Å². The van der Waals surface area contributed by atoms with Crippen LogP contribution in [0.2, 0.25) is 0 Å². The second kappa shape index (κ2) is 7.84. The van der Waals surface area contributed by atoms with E-state index in [0.717, 1.165) is 44.6 Å². The van der Waals surface area contributed by atoms with Crippen LogP contribution in [0.3, 0.4) is 0 Å². The summed E-state index contributed by atoms with van der Waals surface area (Å²) in [4.78, 5) is 3.08. The third-order valence-electron chi connectivity index (χ3n) is 3.73. The van der Waals surface area contributed by atoms with E-state index in [1.807, 2.05) is 18.2 Å². The first-order valence-electron chi connectivity index (χ1n) is 7.21. The van der Waals surface area contributed by atoms with Crippen LogP contribution >= 0.6 is 11.8 Å². The monoisotopic (exact) mass is 300 g/mol. The first kappa shape index (κ1) is 15.6. The lowest BCUT2D eigenvalue weighted by Gasteiger charge is -2.20. The average Bonchev–Trinajstić information content (AvgIpc) is 2.65. The number of rotatable bonds is 5. The molecule has 1 atom stereocenters. The zero-order chi connectivity index (χ0) is 14.4. The molecule has 112 valence electrons. The molecule has 0 aliphatic carbocycles. The molecule has 0 spiro atoms. The predicted molar refractivity (Wildman–Crippen MR) is 81.7 cm³/mol. The van der Waals surface area contributed by atoms with E-state index in [4.69, 9.17) is 0 Å². The van der Waals surface area contributed by atoms with Crippen LogP contribution in [0, 0.1) is 0 Å². The van der Waals surface area contributed by atoms with Gasteiger partial charge >= 0.3 is 0 Å². The summed E-state index contributed by atoms with van der Waals surface area (Å²) in [6.45, 7) is 5.49. The van der Waals surface area contributed by atoms with Gasteiger partial charge in [0.15, 0.2) is 0 Å². The maximum Gasteiger partial charge on any atom is 0.288 e. The lowest BCUT2D eigenvalue weighted by atomic mass is 10.1. The van der Waals surface area contributed by atoms with E-state index in [1.165, 1.54) is 0 Å². The van der Waals surface area contributed by atoms with E-state index < -0.39 is 5.76 Å². The summed E-state index contributed by atoms with van der Waals surface area (Å²) in [7, 11) is 0. The molecule has 0 saturated carbocycles. The van der Waals surface area contributed by atoms with Gasteiger partial charge in [-0.15, -0.1) is 0 Å². The normalized spacial score (nSPS) is 20.9. The largest absolute Gasteiger partial charge is 0.381 e. The average molecular weight is 300 g/mol. The summed E-state index contributed by atoms with van der Waals surface area (Å²) >= 11 is 0.618. The number of hydrogen-bond acceptors (Lipinski definition) is 3. The first-order chi connectivity index (χ1) is 9.69. The quantitative estimate of drug-likeness (QED) is 0.817. The van der Waals surface area contributed by atoms with Gasteiger partial charge in [0.25, 0.3) is 5.76 Å². The van der Waals surface area contributed by atoms with Crippen molar-refractivity contribution in [1.82, 2.24) is 4.90 Å². The van der Waals surface area contributed by atoms with Crippen molar-refractivity contribution >= 4 is 17.4 Å². The summed E-state index contributed by atoms with van der Waals surface area (Å²) in [5, 5.41) is 3.46. The minimum atomic E-state index is -2.37. The number of hydrogen-bond donors (Lipinski definition) is 1. The maximum atomic E-state index is 12.6.